The number of benzene rings is 1. The maximum atomic E-state index is 6.15. The van der Waals surface area contributed by atoms with Crippen molar-refractivity contribution in [1.29, 1.82) is 0 Å². The number of hydrogen-bond donors (Lipinski definition) is 3. The number of anilines is 3. The quantitative estimate of drug-likeness (QED) is 0.338. The van der Waals surface area contributed by atoms with E-state index in [1.165, 1.54) is 0 Å². The van der Waals surface area contributed by atoms with Gasteiger partial charge in [-0.15, -0.1) is 0 Å². The Morgan fingerprint density at radius 2 is 2.06 bits per heavy atom. The molecular formula is C27H31N7O. The topological polar surface area (TPSA) is 107 Å². The number of aromatic amines is 1. The molecule has 5 rings (SSSR count). The maximum Gasteiger partial charge on any atom is 0.153 e. The van der Waals surface area contributed by atoms with Gasteiger partial charge >= 0.3 is 0 Å². The number of H-pyrrole nitrogens is 1. The molecule has 1 aliphatic heterocycles. The molecule has 0 bridgehead atoms. The zero-order chi connectivity index (χ0) is 24.6. The van der Waals surface area contributed by atoms with Gasteiger partial charge in [0.1, 0.15) is 12.0 Å². The van der Waals surface area contributed by atoms with Crippen LogP contribution in [0, 0.1) is 24.2 Å². The van der Waals surface area contributed by atoms with E-state index in [9.17, 15) is 0 Å². The molecule has 1 saturated heterocycles. The first-order chi connectivity index (χ1) is 16.8. The summed E-state index contributed by atoms with van der Waals surface area (Å²) >= 11 is 0. The predicted octanol–water partition coefficient (Wildman–Crippen LogP) is 5.55. The zero-order valence-corrected chi connectivity index (χ0v) is 20.6. The molecule has 4 N–H and O–H groups in total. The molecule has 1 atom stereocenters. The van der Waals surface area contributed by atoms with Crippen LogP contribution in [0.15, 0.2) is 36.7 Å². The van der Waals surface area contributed by atoms with E-state index in [2.05, 4.69) is 64.3 Å². The third kappa shape index (κ3) is 5.00. The van der Waals surface area contributed by atoms with Gasteiger partial charge in [-0.2, -0.15) is 10.2 Å². The highest BCUT2D eigenvalue weighted by Gasteiger charge is 2.18. The Labute approximate surface area is 205 Å². The molecule has 3 aromatic heterocycles. The average molecular weight is 470 g/mol. The minimum Gasteiger partial charge on any atom is -0.382 e. The summed E-state index contributed by atoms with van der Waals surface area (Å²) in [5.41, 5.74) is 11.6. The SMILES string of the molecule is Cc1nn(C2CCCCO2)cc1Nc1cc(-c2cc(C#CC(C)(C)C)c3[nH]nc(N)c3c2)ccn1. The summed E-state index contributed by atoms with van der Waals surface area (Å²) in [4.78, 5) is 4.53. The van der Waals surface area contributed by atoms with E-state index in [0.29, 0.717) is 5.82 Å². The Bertz CT molecular complexity index is 1430. The van der Waals surface area contributed by atoms with E-state index < -0.39 is 0 Å². The van der Waals surface area contributed by atoms with E-state index in [1.54, 1.807) is 6.20 Å². The van der Waals surface area contributed by atoms with Crippen LogP contribution in [0.25, 0.3) is 22.0 Å². The van der Waals surface area contributed by atoms with Gasteiger partial charge in [-0.1, -0.05) is 11.8 Å². The number of pyridine rings is 1. The van der Waals surface area contributed by atoms with Gasteiger partial charge in [-0.05, 0) is 82.3 Å². The fourth-order valence-electron chi connectivity index (χ4n) is 4.16. The van der Waals surface area contributed by atoms with E-state index >= 15 is 0 Å². The third-order valence-electron chi connectivity index (χ3n) is 6.00. The summed E-state index contributed by atoms with van der Waals surface area (Å²) in [5.74, 6) is 7.82. The molecule has 4 heterocycles. The van der Waals surface area contributed by atoms with Gasteiger partial charge in [0.05, 0.1) is 28.7 Å². The Morgan fingerprint density at radius 3 is 2.83 bits per heavy atom. The minimum absolute atomic E-state index is 0.00271. The van der Waals surface area contributed by atoms with E-state index in [0.717, 1.165) is 70.7 Å². The lowest BCUT2D eigenvalue weighted by Crippen LogP contribution is -2.18. The number of aromatic nitrogens is 5. The maximum absolute atomic E-state index is 6.15. The van der Waals surface area contributed by atoms with Gasteiger partial charge in [-0.3, -0.25) is 5.10 Å². The first-order valence-corrected chi connectivity index (χ1v) is 12.0. The van der Waals surface area contributed by atoms with E-state index in [-0.39, 0.29) is 11.6 Å². The molecule has 0 saturated carbocycles. The summed E-state index contributed by atoms with van der Waals surface area (Å²) in [6.07, 6.45) is 7.04. The third-order valence-corrected chi connectivity index (χ3v) is 6.00. The van der Waals surface area contributed by atoms with Gasteiger partial charge in [0.2, 0.25) is 0 Å². The predicted molar refractivity (Wildman–Crippen MR) is 139 cm³/mol. The van der Waals surface area contributed by atoms with Crippen LogP contribution in [0.2, 0.25) is 0 Å². The van der Waals surface area contributed by atoms with Crippen LogP contribution >= 0.6 is 0 Å². The van der Waals surface area contributed by atoms with Gasteiger partial charge in [0.15, 0.2) is 5.82 Å². The number of nitrogens with zero attached hydrogens (tertiary/aromatic N) is 4. The van der Waals surface area contributed by atoms with Crippen molar-refractivity contribution in [3.05, 3.63) is 47.9 Å². The second-order valence-electron chi connectivity index (χ2n) is 10.0. The number of nitrogen functional groups attached to an aromatic ring is 1. The van der Waals surface area contributed by atoms with Crippen molar-refractivity contribution in [2.45, 2.75) is 53.2 Å². The largest absolute Gasteiger partial charge is 0.382 e. The first kappa shape index (κ1) is 22.9. The first-order valence-electron chi connectivity index (χ1n) is 12.0. The molecule has 1 fully saturated rings. The fourth-order valence-corrected chi connectivity index (χ4v) is 4.16. The highest BCUT2D eigenvalue weighted by molar-refractivity contribution is 5.96. The Balaban J connectivity index is 1.47. The lowest BCUT2D eigenvalue weighted by Gasteiger charge is -2.22. The molecule has 8 nitrogen and oxygen atoms in total. The number of fused-ring (bicyclic) bond motifs is 1. The smallest absolute Gasteiger partial charge is 0.153 e. The fraction of sp³-hybridized carbons (Fsp3) is 0.370. The van der Waals surface area contributed by atoms with Gasteiger partial charge in [0, 0.05) is 23.6 Å². The van der Waals surface area contributed by atoms with Gasteiger partial charge in [-0.25, -0.2) is 9.67 Å². The molecule has 0 amide bonds. The summed E-state index contributed by atoms with van der Waals surface area (Å²) in [6.45, 7) is 9.04. The van der Waals surface area contributed by atoms with Crippen molar-refractivity contribution in [3.63, 3.8) is 0 Å². The molecule has 4 aromatic rings. The summed E-state index contributed by atoms with van der Waals surface area (Å²) in [6, 6.07) is 8.11. The Hall–Kier alpha value is -3.83. The zero-order valence-electron chi connectivity index (χ0n) is 20.6. The van der Waals surface area contributed by atoms with Crippen LogP contribution in [0.4, 0.5) is 17.3 Å². The number of nitrogens with one attached hydrogen (secondary N) is 2. The van der Waals surface area contributed by atoms with Crippen molar-refractivity contribution >= 4 is 28.2 Å². The molecule has 1 aliphatic rings. The number of ether oxygens (including phenoxy) is 1. The van der Waals surface area contributed by atoms with Crippen molar-refractivity contribution < 1.29 is 4.74 Å². The monoisotopic (exact) mass is 469 g/mol. The van der Waals surface area contributed by atoms with Crippen LogP contribution in [-0.2, 0) is 4.74 Å². The van der Waals surface area contributed by atoms with Crippen molar-refractivity contribution in [1.82, 2.24) is 25.0 Å². The second kappa shape index (κ2) is 9.08. The molecule has 0 radical (unpaired) electrons. The van der Waals surface area contributed by atoms with Crippen LogP contribution in [0.3, 0.4) is 0 Å². The molecule has 35 heavy (non-hydrogen) atoms. The summed E-state index contributed by atoms with van der Waals surface area (Å²) in [7, 11) is 0. The van der Waals surface area contributed by atoms with Crippen molar-refractivity contribution in [2.24, 2.45) is 5.41 Å². The number of nitrogens with two attached hydrogens (primary N) is 1. The minimum atomic E-state index is -0.118. The van der Waals surface area contributed by atoms with E-state index in [1.807, 2.05) is 36.0 Å². The van der Waals surface area contributed by atoms with Gasteiger partial charge < -0.3 is 15.8 Å². The number of hydrogen-bond acceptors (Lipinski definition) is 6. The molecule has 0 aliphatic carbocycles. The molecule has 180 valence electrons. The number of rotatable bonds is 4. The normalized spacial score (nSPS) is 16.2. The molecule has 0 spiro atoms. The molecule has 1 aromatic carbocycles. The Morgan fingerprint density at radius 1 is 1.20 bits per heavy atom. The van der Waals surface area contributed by atoms with Crippen molar-refractivity contribution in [3.8, 4) is 23.0 Å². The van der Waals surface area contributed by atoms with Crippen LogP contribution < -0.4 is 11.1 Å². The highest BCUT2D eigenvalue weighted by Crippen LogP contribution is 2.31. The standard InChI is InChI=1S/C27H31N7O/c1-17-22(16-34(33-17)24-7-5-6-12-35-24)30-23-15-18(9-11-29-23)20-13-19(8-10-27(2,3)4)25-21(14-20)26(28)32-31-25/h9,11,13-16,24H,5-7,12H2,1-4H3,(H,29,30)(H3,28,31,32). The lowest BCUT2D eigenvalue weighted by atomic mass is 9.96. The Kier molecular flexibility index (Phi) is 5.95. The van der Waals surface area contributed by atoms with Crippen LogP contribution in [0.1, 0.15) is 57.5 Å². The molecule has 1 unspecified atom stereocenters. The van der Waals surface area contributed by atoms with Crippen molar-refractivity contribution in [2.75, 3.05) is 17.7 Å². The number of aryl methyl sites for hydroxylation is 1. The molecular weight excluding hydrogens is 438 g/mol. The summed E-state index contributed by atoms with van der Waals surface area (Å²) < 4.78 is 7.79. The second-order valence-corrected chi connectivity index (χ2v) is 10.0. The van der Waals surface area contributed by atoms with Crippen LogP contribution in [0.5, 0.6) is 0 Å². The van der Waals surface area contributed by atoms with Gasteiger partial charge in [0.25, 0.3) is 0 Å². The average Bonchev–Trinajstić information content (AvgIpc) is 3.40. The van der Waals surface area contributed by atoms with E-state index in [4.69, 9.17) is 10.5 Å². The lowest BCUT2D eigenvalue weighted by molar-refractivity contribution is -0.0395. The summed E-state index contributed by atoms with van der Waals surface area (Å²) in [5, 5.41) is 16.2. The highest BCUT2D eigenvalue weighted by atomic mass is 16.5. The molecule has 8 heteroatoms. The van der Waals surface area contributed by atoms with Crippen LogP contribution in [-0.4, -0.2) is 31.6 Å².